The highest BCUT2D eigenvalue weighted by molar-refractivity contribution is 5.92. The molecule has 0 aliphatic carbocycles. The molecule has 0 saturated heterocycles. The maximum Gasteiger partial charge on any atom is 0.244 e. The number of aromatic nitrogens is 2. The number of hydrogen-bond donors (Lipinski definition) is 2. The van der Waals surface area contributed by atoms with Crippen molar-refractivity contribution in [3.63, 3.8) is 0 Å². The Labute approximate surface area is 120 Å². The summed E-state index contributed by atoms with van der Waals surface area (Å²) in [7, 11) is 1.89. The zero-order chi connectivity index (χ0) is 15.3. The molecule has 1 heterocycles. The molecule has 5 heteroatoms. The Morgan fingerprint density at radius 2 is 2.10 bits per heavy atom. The molecule has 0 aliphatic rings. The molecule has 0 radical (unpaired) electrons. The van der Waals surface area contributed by atoms with Crippen LogP contribution in [-0.4, -0.2) is 33.9 Å². The predicted octanol–water partition coefficient (Wildman–Crippen LogP) is 1.57. The molecule has 0 fully saturated rings. The number of aliphatic hydroxyl groups is 1. The topological polar surface area (TPSA) is 67.2 Å². The Hall–Kier alpha value is -1.62. The van der Waals surface area contributed by atoms with Crippen LogP contribution in [0.3, 0.4) is 0 Å². The molecule has 1 aromatic heterocycles. The van der Waals surface area contributed by atoms with Gasteiger partial charge < -0.3 is 10.4 Å². The molecule has 5 nitrogen and oxygen atoms in total. The lowest BCUT2D eigenvalue weighted by Crippen LogP contribution is -2.33. The third kappa shape index (κ3) is 4.49. The molecule has 0 aliphatic heterocycles. The number of amides is 1. The van der Waals surface area contributed by atoms with Crippen LogP contribution in [0, 0.1) is 19.3 Å². The summed E-state index contributed by atoms with van der Waals surface area (Å²) in [5.74, 6) is -0.126. The van der Waals surface area contributed by atoms with E-state index in [0.717, 1.165) is 17.0 Å². The Morgan fingerprint density at radius 3 is 2.60 bits per heavy atom. The van der Waals surface area contributed by atoms with Gasteiger partial charge in [0.1, 0.15) is 0 Å². The third-order valence-electron chi connectivity index (χ3n) is 3.50. The van der Waals surface area contributed by atoms with Crippen LogP contribution >= 0.6 is 0 Å². The molecule has 0 atom stereocenters. The van der Waals surface area contributed by atoms with Crippen molar-refractivity contribution < 1.29 is 9.90 Å². The standard InChI is InChI=1S/C15H25N3O2/c1-11-13(12(2)18(5)17-11)6-7-14(20)16-10-15(3,4)8-9-19/h6-7,19H,8-10H2,1-5H3,(H,16,20)/b7-6+. The van der Waals surface area contributed by atoms with E-state index in [1.807, 2.05) is 34.7 Å². The number of carbonyl (C=O) groups is 1. The van der Waals surface area contributed by atoms with Crippen LogP contribution in [0.4, 0.5) is 0 Å². The average Bonchev–Trinajstić information content (AvgIpc) is 2.59. The number of carbonyl (C=O) groups excluding carboxylic acids is 1. The quantitative estimate of drug-likeness (QED) is 0.777. The minimum absolute atomic E-state index is 0.0988. The Morgan fingerprint density at radius 1 is 1.45 bits per heavy atom. The number of aryl methyl sites for hydroxylation is 2. The first-order chi connectivity index (χ1) is 9.26. The van der Waals surface area contributed by atoms with Gasteiger partial charge in [-0.2, -0.15) is 5.10 Å². The average molecular weight is 279 g/mol. The fourth-order valence-corrected chi connectivity index (χ4v) is 1.97. The minimum atomic E-state index is -0.126. The Bertz CT molecular complexity index is 501. The smallest absolute Gasteiger partial charge is 0.244 e. The summed E-state index contributed by atoms with van der Waals surface area (Å²) in [6.45, 7) is 8.61. The van der Waals surface area contributed by atoms with Crippen LogP contribution in [-0.2, 0) is 11.8 Å². The molecule has 20 heavy (non-hydrogen) atoms. The third-order valence-corrected chi connectivity index (χ3v) is 3.50. The second-order valence-corrected chi connectivity index (χ2v) is 5.90. The maximum absolute atomic E-state index is 11.8. The van der Waals surface area contributed by atoms with Gasteiger partial charge in [-0.15, -0.1) is 0 Å². The van der Waals surface area contributed by atoms with Gasteiger partial charge in [0, 0.05) is 37.5 Å². The van der Waals surface area contributed by atoms with Crippen LogP contribution in [0.15, 0.2) is 6.08 Å². The second kappa shape index (κ2) is 6.70. The molecule has 1 rings (SSSR count). The van der Waals surface area contributed by atoms with Crippen molar-refractivity contribution in [2.24, 2.45) is 12.5 Å². The van der Waals surface area contributed by atoms with Gasteiger partial charge in [-0.25, -0.2) is 0 Å². The highest BCUT2D eigenvalue weighted by Crippen LogP contribution is 2.18. The summed E-state index contributed by atoms with van der Waals surface area (Å²) in [6.07, 6.45) is 4.00. The van der Waals surface area contributed by atoms with E-state index in [1.165, 1.54) is 6.08 Å². The second-order valence-electron chi connectivity index (χ2n) is 5.90. The lowest BCUT2D eigenvalue weighted by molar-refractivity contribution is -0.116. The Balaban J connectivity index is 2.60. The maximum atomic E-state index is 11.8. The lowest BCUT2D eigenvalue weighted by atomic mass is 9.90. The summed E-state index contributed by atoms with van der Waals surface area (Å²) in [5.41, 5.74) is 2.83. The molecular formula is C15H25N3O2. The van der Waals surface area contributed by atoms with E-state index in [-0.39, 0.29) is 17.9 Å². The molecule has 0 saturated carbocycles. The minimum Gasteiger partial charge on any atom is -0.396 e. The molecule has 2 N–H and O–H groups in total. The number of aliphatic hydroxyl groups excluding tert-OH is 1. The molecule has 0 bridgehead atoms. The van der Waals surface area contributed by atoms with Crippen LogP contribution < -0.4 is 5.32 Å². The summed E-state index contributed by atoms with van der Waals surface area (Å²) >= 11 is 0. The first-order valence-corrected chi connectivity index (χ1v) is 6.84. The first-order valence-electron chi connectivity index (χ1n) is 6.84. The molecule has 0 unspecified atom stereocenters. The molecule has 1 aromatic rings. The van der Waals surface area contributed by atoms with Crippen LogP contribution in [0.5, 0.6) is 0 Å². The van der Waals surface area contributed by atoms with Gasteiger partial charge in [-0.05, 0) is 31.8 Å². The van der Waals surface area contributed by atoms with E-state index in [9.17, 15) is 4.79 Å². The van der Waals surface area contributed by atoms with Crippen molar-refractivity contribution in [3.05, 3.63) is 23.0 Å². The first kappa shape index (κ1) is 16.4. The van der Waals surface area contributed by atoms with Gasteiger partial charge in [0.2, 0.25) is 5.91 Å². The summed E-state index contributed by atoms with van der Waals surface area (Å²) < 4.78 is 1.80. The van der Waals surface area contributed by atoms with E-state index in [4.69, 9.17) is 5.11 Å². The van der Waals surface area contributed by atoms with E-state index < -0.39 is 0 Å². The van der Waals surface area contributed by atoms with Gasteiger partial charge in [-0.1, -0.05) is 13.8 Å². The van der Waals surface area contributed by atoms with E-state index in [0.29, 0.717) is 13.0 Å². The fourth-order valence-electron chi connectivity index (χ4n) is 1.97. The molecule has 1 amide bonds. The fraction of sp³-hybridized carbons (Fsp3) is 0.600. The van der Waals surface area contributed by atoms with Gasteiger partial charge >= 0.3 is 0 Å². The Kier molecular flexibility index (Phi) is 5.51. The monoisotopic (exact) mass is 279 g/mol. The van der Waals surface area contributed by atoms with Crippen molar-refractivity contribution in [3.8, 4) is 0 Å². The largest absolute Gasteiger partial charge is 0.396 e. The summed E-state index contributed by atoms with van der Waals surface area (Å²) in [6, 6.07) is 0. The van der Waals surface area contributed by atoms with Gasteiger partial charge in [0.05, 0.1) is 5.69 Å². The summed E-state index contributed by atoms with van der Waals surface area (Å²) in [5, 5.41) is 16.1. The zero-order valence-corrected chi connectivity index (χ0v) is 13.0. The van der Waals surface area contributed by atoms with Gasteiger partial charge in [0.25, 0.3) is 0 Å². The van der Waals surface area contributed by atoms with Crippen molar-refractivity contribution in [1.82, 2.24) is 15.1 Å². The molecular weight excluding hydrogens is 254 g/mol. The predicted molar refractivity (Wildman–Crippen MR) is 80.2 cm³/mol. The van der Waals surface area contributed by atoms with Crippen molar-refractivity contribution >= 4 is 12.0 Å². The normalized spacial score (nSPS) is 12.1. The van der Waals surface area contributed by atoms with E-state index in [1.54, 1.807) is 10.8 Å². The van der Waals surface area contributed by atoms with E-state index >= 15 is 0 Å². The lowest BCUT2D eigenvalue weighted by Gasteiger charge is -2.23. The van der Waals surface area contributed by atoms with Crippen molar-refractivity contribution in [2.75, 3.05) is 13.2 Å². The number of nitrogens with one attached hydrogen (secondary N) is 1. The highest BCUT2D eigenvalue weighted by atomic mass is 16.3. The van der Waals surface area contributed by atoms with Crippen LogP contribution in [0.1, 0.15) is 37.2 Å². The number of nitrogens with zero attached hydrogens (tertiary/aromatic N) is 2. The number of hydrogen-bond acceptors (Lipinski definition) is 3. The van der Waals surface area contributed by atoms with Gasteiger partial charge in [0.15, 0.2) is 0 Å². The number of rotatable bonds is 6. The van der Waals surface area contributed by atoms with Gasteiger partial charge in [-0.3, -0.25) is 9.48 Å². The van der Waals surface area contributed by atoms with Crippen LogP contribution in [0.25, 0.3) is 6.08 Å². The summed E-state index contributed by atoms with van der Waals surface area (Å²) in [4.78, 5) is 11.8. The highest BCUT2D eigenvalue weighted by Gasteiger charge is 2.17. The zero-order valence-electron chi connectivity index (χ0n) is 13.0. The van der Waals surface area contributed by atoms with Crippen molar-refractivity contribution in [1.29, 1.82) is 0 Å². The molecule has 0 aromatic carbocycles. The van der Waals surface area contributed by atoms with E-state index in [2.05, 4.69) is 10.4 Å². The molecule has 0 spiro atoms. The van der Waals surface area contributed by atoms with Crippen LogP contribution in [0.2, 0.25) is 0 Å². The SMILES string of the molecule is Cc1nn(C)c(C)c1/C=C/C(=O)NCC(C)(C)CCO. The van der Waals surface area contributed by atoms with Crippen molar-refractivity contribution in [2.45, 2.75) is 34.1 Å². The molecule has 112 valence electrons.